The Morgan fingerprint density at radius 1 is 0.880 bits per heavy atom. The van der Waals surface area contributed by atoms with Gasteiger partial charge in [-0.1, -0.05) is 12.1 Å². The van der Waals surface area contributed by atoms with E-state index in [1.54, 1.807) is 0 Å². The van der Waals surface area contributed by atoms with Crippen LogP contribution in [-0.2, 0) is 0 Å². The van der Waals surface area contributed by atoms with Crippen LogP contribution < -0.4 is 0 Å². The van der Waals surface area contributed by atoms with Crippen molar-refractivity contribution >= 4 is 23.5 Å². The fourth-order valence-corrected chi connectivity index (χ4v) is 6.14. The molecule has 4 heteroatoms. The molecule has 0 amide bonds. The second-order valence-corrected chi connectivity index (χ2v) is 9.00. The largest absolute Gasteiger partial charge is 0.299 e. The number of hydrogen-bond donors (Lipinski definition) is 0. The van der Waals surface area contributed by atoms with Gasteiger partial charge in [0.2, 0.25) is 0 Å². The molecule has 1 aliphatic rings. The number of imidazole rings is 1. The zero-order valence-corrected chi connectivity index (χ0v) is 16.9. The van der Waals surface area contributed by atoms with E-state index in [0.29, 0.717) is 0 Å². The minimum Gasteiger partial charge on any atom is -0.299 e. The van der Waals surface area contributed by atoms with Gasteiger partial charge in [-0.25, -0.2) is 4.98 Å². The maximum Gasteiger partial charge on any atom is 0.145 e. The van der Waals surface area contributed by atoms with Gasteiger partial charge in [-0.15, -0.1) is 23.5 Å². The molecule has 128 valence electrons. The van der Waals surface area contributed by atoms with Crippen molar-refractivity contribution in [3.63, 3.8) is 0 Å². The Kier molecular flexibility index (Phi) is 4.20. The summed E-state index contributed by atoms with van der Waals surface area (Å²) >= 11 is 3.84. The molecule has 0 saturated carbocycles. The minimum atomic E-state index is 1.04. The van der Waals surface area contributed by atoms with E-state index in [1.807, 2.05) is 29.7 Å². The number of rotatable bonds is 2. The van der Waals surface area contributed by atoms with Gasteiger partial charge in [-0.2, -0.15) is 0 Å². The first-order chi connectivity index (χ1) is 12.0. The summed E-state index contributed by atoms with van der Waals surface area (Å²) in [6.45, 7) is 11.1. The Morgan fingerprint density at radius 3 is 2.28 bits per heavy atom. The first-order valence-corrected chi connectivity index (χ1v) is 10.5. The molecule has 0 radical (unpaired) electrons. The normalized spacial score (nSPS) is 13.3. The zero-order valence-electron chi connectivity index (χ0n) is 15.3. The Morgan fingerprint density at radius 2 is 1.56 bits per heavy atom. The van der Waals surface area contributed by atoms with Gasteiger partial charge in [0.05, 0.1) is 5.69 Å². The van der Waals surface area contributed by atoms with E-state index in [2.05, 4.69) is 63.6 Å². The summed E-state index contributed by atoms with van der Waals surface area (Å²) in [5.41, 5.74) is 9.35. The first kappa shape index (κ1) is 16.8. The van der Waals surface area contributed by atoms with Gasteiger partial charge >= 0.3 is 0 Å². The molecule has 0 aliphatic carbocycles. The molecule has 2 nitrogen and oxygen atoms in total. The molecule has 1 aromatic heterocycles. The second-order valence-electron chi connectivity index (χ2n) is 6.63. The third-order valence-corrected chi connectivity index (χ3v) is 7.93. The van der Waals surface area contributed by atoms with Crippen molar-refractivity contribution in [1.82, 2.24) is 9.55 Å². The van der Waals surface area contributed by atoms with E-state index >= 15 is 0 Å². The fraction of sp³-hybridized carbons (Fsp3) is 0.286. The lowest BCUT2D eigenvalue weighted by Gasteiger charge is -2.21. The van der Waals surface area contributed by atoms with Crippen molar-refractivity contribution in [3.05, 3.63) is 58.4 Å². The molecule has 0 spiro atoms. The third kappa shape index (κ3) is 2.54. The predicted molar refractivity (Wildman–Crippen MR) is 109 cm³/mol. The number of aromatic nitrogens is 2. The van der Waals surface area contributed by atoms with Crippen molar-refractivity contribution in [3.8, 4) is 17.1 Å². The summed E-state index contributed by atoms with van der Waals surface area (Å²) in [6.07, 6.45) is 4.02. The van der Waals surface area contributed by atoms with Crippen LogP contribution in [0.25, 0.3) is 17.1 Å². The molecule has 0 atom stereocenters. The molecule has 0 bridgehead atoms. The summed E-state index contributed by atoms with van der Waals surface area (Å²) in [7, 11) is 0. The van der Waals surface area contributed by atoms with Crippen molar-refractivity contribution in [2.45, 2.75) is 44.4 Å². The molecule has 4 rings (SSSR count). The number of thioether (sulfide) groups is 2. The molecule has 0 N–H and O–H groups in total. The standard InChI is InChI=1S/C21H22N2S2/c1-12-13(2)15(4)19(16(5)14(12)3)23-10-9-22-21(23)17-7-6-8-18-20(17)25-11-24-18/h6-10H,11H2,1-5H3. The number of fused-ring (bicyclic) bond motifs is 1. The number of benzene rings is 2. The van der Waals surface area contributed by atoms with E-state index in [1.165, 1.54) is 48.9 Å². The summed E-state index contributed by atoms with van der Waals surface area (Å²) < 4.78 is 2.28. The Labute approximate surface area is 158 Å². The van der Waals surface area contributed by atoms with Crippen LogP contribution in [0.2, 0.25) is 0 Å². The van der Waals surface area contributed by atoms with Gasteiger partial charge in [-0.3, -0.25) is 4.57 Å². The van der Waals surface area contributed by atoms with E-state index in [4.69, 9.17) is 4.98 Å². The maximum atomic E-state index is 4.74. The third-order valence-electron chi connectivity index (χ3n) is 5.48. The lowest BCUT2D eigenvalue weighted by atomic mass is 9.92. The van der Waals surface area contributed by atoms with Gasteiger partial charge < -0.3 is 0 Å². The van der Waals surface area contributed by atoms with Gasteiger partial charge in [-0.05, 0) is 68.5 Å². The van der Waals surface area contributed by atoms with Crippen LogP contribution in [0.1, 0.15) is 27.8 Å². The highest BCUT2D eigenvalue weighted by atomic mass is 32.2. The van der Waals surface area contributed by atoms with E-state index in [-0.39, 0.29) is 0 Å². The van der Waals surface area contributed by atoms with Crippen LogP contribution in [0.15, 0.2) is 40.4 Å². The number of hydrogen-bond acceptors (Lipinski definition) is 3. The topological polar surface area (TPSA) is 17.8 Å². The van der Waals surface area contributed by atoms with Crippen LogP contribution >= 0.6 is 23.5 Å². The van der Waals surface area contributed by atoms with Gasteiger partial charge in [0, 0.05) is 32.8 Å². The monoisotopic (exact) mass is 366 g/mol. The summed E-state index contributed by atoms with van der Waals surface area (Å²) in [5, 5.41) is 1.09. The van der Waals surface area contributed by atoms with Crippen molar-refractivity contribution in [2.75, 3.05) is 5.08 Å². The molecular weight excluding hydrogens is 344 g/mol. The lowest BCUT2D eigenvalue weighted by Crippen LogP contribution is -2.07. The predicted octanol–water partition coefficient (Wildman–Crippen LogP) is 6.24. The molecule has 3 aromatic rings. The van der Waals surface area contributed by atoms with Crippen molar-refractivity contribution < 1.29 is 0 Å². The van der Waals surface area contributed by atoms with Crippen molar-refractivity contribution in [2.24, 2.45) is 0 Å². The summed E-state index contributed by atoms with van der Waals surface area (Å²) in [5.74, 6) is 1.04. The van der Waals surface area contributed by atoms with Crippen molar-refractivity contribution in [1.29, 1.82) is 0 Å². The van der Waals surface area contributed by atoms with Gasteiger partial charge in [0.1, 0.15) is 5.82 Å². The second kappa shape index (κ2) is 6.26. The SMILES string of the molecule is Cc1c(C)c(C)c(-n2ccnc2-c2cccc3c2SCS3)c(C)c1C. The Hall–Kier alpha value is -1.65. The fourth-order valence-electron chi connectivity index (χ4n) is 3.63. The van der Waals surface area contributed by atoms with Crippen LogP contribution in [-0.4, -0.2) is 14.6 Å². The molecule has 1 aliphatic heterocycles. The van der Waals surface area contributed by atoms with E-state index in [9.17, 15) is 0 Å². The Balaban J connectivity index is 1.98. The van der Waals surface area contributed by atoms with Gasteiger partial charge in [0.15, 0.2) is 0 Å². The molecule has 2 heterocycles. The van der Waals surface area contributed by atoms with Crippen LogP contribution in [0, 0.1) is 34.6 Å². The minimum absolute atomic E-state index is 1.04. The van der Waals surface area contributed by atoms with E-state index < -0.39 is 0 Å². The Bertz CT molecular complexity index is 957. The van der Waals surface area contributed by atoms with Crippen LogP contribution in [0.5, 0.6) is 0 Å². The lowest BCUT2D eigenvalue weighted by molar-refractivity contribution is 0.999. The molecule has 25 heavy (non-hydrogen) atoms. The van der Waals surface area contributed by atoms with Crippen LogP contribution in [0.4, 0.5) is 0 Å². The first-order valence-electron chi connectivity index (χ1n) is 8.50. The highest BCUT2D eigenvalue weighted by Gasteiger charge is 2.22. The van der Waals surface area contributed by atoms with Crippen LogP contribution in [0.3, 0.4) is 0 Å². The summed E-state index contributed by atoms with van der Waals surface area (Å²) in [4.78, 5) is 7.49. The molecule has 2 aromatic carbocycles. The molecule has 0 saturated heterocycles. The smallest absolute Gasteiger partial charge is 0.145 e. The van der Waals surface area contributed by atoms with Gasteiger partial charge in [0.25, 0.3) is 0 Å². The highest BCUT2D eigenvalue weighted by molar-refractivity contribution is 8.18. The molecule has 0 unspecified atom stereocenters. The molecule has 0 fully saturated rings. The average Bonchev–Trinajstić information content (AvgIpc) is 3.27. The van der Waals surface area contributed by atoms with E-state index in [0.717, 1.165) is 10.9 Å². The number of nitrogens with zero attached hydrogens (tertiary/aromatic N) is 2. The molecular formula is C21H22N2S2. The highest BCUT2D eigenvalue weighted by Crippen LogP contribution is 2.47. The zero-order chi connectivity index (χ0) is 17.7. The maximum absolute atomic E-state index is 4.74. The average molecular weight is 367 g/mol. The quantitative estimate of drug-likeness (QED) is 0.535. The summed E-state index contributed by atoms with van der Waals surface area (Å²) in [6, 6.07) is 6.57.